The molecule has 3 N–H and O–H groups in total. The van der Waals surface area contributed by atoms with Crippen LogP contribution >= 0.6 is 0 Å². The van der Waals surface area contributed by atoms with Gasteiger partial charge in [0.15, 0.2) is 0 Å². The third-order valence-corrected chi connectivity index (χ3v) is 5.49. The maximum absolute atomic E-state index is 11.4. The van der Waals surface area contributed by atoms with Crippen molar-refractivity contribution in [3.05, 3.63) is 22.9 Å². The largest absolute Gasteiger partial charge is 0.387 e. The monoisotopic (exact) mass is 299 g/mol. The summed E-state index contributed by atoms with van der Waals surface area (Å²) in [5, 5.41) is 12.2. The molecule has 0 aromatic rings. The number of nitrogens with one attached hydrogen (secondary N) is 1. The number of hydrogen-bond acceptors (Lipinski definition) is 4. The van der Waals surface area contributed by atoms with Gasteiger partial charge in [-0.2, -0.15) is 5.26 Å². The number of Topliss-reactive ketones (excluding diaryl/α,β-unsaturated/α-hetero) is 1. The minimum absolute atomic E-state index is 0.468. The molecule has 0 aromatic heterocycles. The van der Waals surface area contributed by atoms with E-state index in [4.69, 9.17) is 11.0 Å². The summed E-state index contributed by atoms with van der Waals surface area (Å²) in [5.41, 5.74) is 10.4. The number of nitrogens with zero attached hydrogens (tertiary/aromatic N) is 1. The lowest BCUT2D eigenvalue weighted by molar-refractivity contribution is -0.115. The summed E-state index contributed by atoms with van der Waals surface area (Å²) in [6.45, 7) is 0. The van der Waals surface area contributed by atoms with Crippen LogP contribution in [0.15, 0.2) is 22.9 Å². The molecule has 3 atom stereocenters. The molecule has 22 heavy (non-hydrogen) atoms. The maximum Gasteiger partial charge on any atom is 0.248 e. The fraction of sp³-hybridized carbons (Fsp3) is 0.667. The third kappa shape index (κ3) is 3.10. The lowest BCUT2D eigenvalue weighted by Gasteiger charge is -2.33. The number of nitriles is 1. The second-order valence-electron chi connectivity index (χ2n) is 6.92. The number of carbonyl (C=O) groups excluding carboxylic acids is 1. The van der Waals surface area contributed by atoms with Gasteiger partial charge in [-0.25, -0.2) is 0 Å². The van der Waals surface area contributed by atoms with E-state index >= 15 is 0 Å². The number of hydrogen-bond donors (Lipinski definition) is 2. The Labute approximate surface area is 132 Å². The van der Waals surface area contributed by atoms with Gasteiger partial charge in [0.05, 0.1) is 6.04 Å². The van der Waals surface area contributed by atoms with Crippen molar-refractivity contribution in [2.75, 3.05) is 0 Å². The SMILES string of the molecule is N#CC(=O)C(N)CC1=CNC2CC3=C(CCCCCC3)CC12. The first kappa shape index (κ1) is 15.3. The van der Waals surface area contributed by atoms with Crippen molar-refractivity contribution >= 4 is 5.78 Å². The first-order valence-electron chi connectivity index (χ1n) is 8.53. The molecule has 4 heteroatoms. The Balaban J connectivity index is 1.70. The van der Waals surface area contributed by atoms with E-state index in [0.717, 1.165) is 12.8 Å². The van der Waals surface area contributed by atoms with Crippen LogP contribution in [0.4, 0.5) is 0 Å². The number of ketones is 1. The van der Waals surface area contributed by atoms with E-state index in [1.807, 2.05) is 0 Å². The average molecular weight is 299 g/mol. The molecule has 0 aromatic carbocycles. The summed E-state index contributed by atoms with van der Waals surface area (Å²) < 4.78 is 0. The number of nitrogens with two attached hydrogens (primary N) is 1. The maximum atomic E-state index is 11.4. The van der Waals surface area contributed by atoms with E-state index < -0.39 is 11.8 Å². The van der Waals surface area contributed by atoms with Crippen molar-refractivity contribution in [3.8, 4) is 6.07 Å². The highest BCUT2D eigenvalue weighted by molar-refractivity contribution is 5.97. The van der Waals surface area contributed by atoms with Crippen molar-refractivity contribution in [2.24, 2.45) is 11.7 Å². The van der Waals surface area contributed by atoms with Crippen molar-refractivity contribution in [2.45, 2.75) is 69.9 Å². The molecule has 0 radical (unpaired) electrons. The Kier molecular flexibility index (Phi) is 4.63. The second-order valence-corrected chi connectivity index (χ2v) is 6.92. The molecule has 0 amide bonds. The highest BCUT2D eigenvalue weighted by Crippen LogP contribution is 2.42. The molecule has 0 bridgehead atoms. The standard InChI is InChI=1S/C18H25N3O/c19-10-18(22)16(20)8-14-11-21-17-9-13-6-4-2-1-3-5-12(13)7-15(14)17/h11,15-17,21H,1-9,20H2. The van der Waals surface area contributed by atoms with E-state index in [-0.39, 0.29) is 0 Å². The fourth-order valence-corrected chi connectivity index (χ4v) is 4.22. The van der Waals surface area contributed by atoms with E-state index in [0.29, 0.717) is 18.4 Å². The van der Waals surface area contributed by atoms with Crippen molar-refractivity contribution in [1.82, 2.24) is 5.32 Å². The lowest BCUT2D eigenvalue weighted by Crippen LogP contribution is -2.34. The second kappa shape index (κ2) is 6.66. The quantitative estimate of drug-likeness (QED) is 0.620. The van der Waals surface area contributed by atoms with Crippen LogP contribution in [0, 0.1) is 17.2 Å². The lowest BCUT2D eigenvalue weighted by atomic mass is 9.74. The minimum atomic E-state index is -0.676. The van der Waals surface area contributed by atoms with Crippen LogP contribution in [0.1, 0.15) is 57.8 Å². The highest BCUT2D eigenvalue weighted by Gasteiger charge is 2.36. The molecule has 4 nitrogen and oxygen atoms in total. The highest BCUT2D eigenvalue weighted by atomic mass is 16.1. The summed E-state index contributed by atoms with van der Waals surface area (Å²) in [6.07, 6.45) is 12.7. The van der Waals surface area contributed by atoms with E-state index in [1.54, 1.807) is 17.2 Å². The smallest absolute Gasteiger partial charge is 0.248 e. The van der Waals surface area contributed by atoms with Gasteiger partial charge in [0.1, 0.15) is 6.07 Å². The van der Waals surface area contributed by atoms with Crippen LogP contribution in [0.25, 0.3) is 0 Å². The molecule has 3 unspecified atom stereocenters. The summed E-state index contributed by atoms with van der Waals surface area (Å²) in [4.78, 5) is 11.4. The van der Waals surface area contributed by atoms with Crippen molar-refractivity contribution in [3.63, 3.8) is 0 Å². The Morgan fingerprint density at radius 3 is 2.64 bits per heavy atom. The van der Waals surface area contributed by atoms with E-state index in [1.165, 1.54) is 44.1 Å². The summed E-state index contributed by atoms with van der Waals surface area (Å²) in [6, 6.07) is 1.44. The van der Waals surface area contributed by atoms with Gasteiger partial charge in [-0.1, -0.05) is 24.0 Å². The Morgan fingerprint density at radius 2 is 1.95 bits per heavy atom. The first-order chi connectivity index (χ1) is 10.7. The normalized spacial score (nSPS) is 29.2. The molecule has 2 aliphatic carbocycles. The van der Waals surface area contributed by atoms with Crippen LogP contribution < -0.4 is 11.1 Å². The zero-order valence-corrected chi connectivity index (χ0v) is 13.1. The summed E-state index contributed by atoms with van der Waals surface area (Å²) >= 11 is 0. The molecule has 118 valence electrons. The number of allylic oxidation sites excluding steroid dienone is 1. The van der Waals surface area contributed by atoms with E-state index in [9.17, 15) is 4.79 Å². The van der Waals surface area contributed by atoms with Crippen LogP contribution in [-0.2, 0) is 4.79 Å². The molecule has 0 fully saturated rings. The van der Waals surface area contributed by atoms with Gasteiger partial charge in [0.25, 0.3) is 0 Å². The molecule has 3 aliphatic rings. The molecule has 3 rings (SSSR count). The average Bonchev–Trinajstić information content (AvgIpc) is 2.88. The topological polar surface area (TPSA) is 78.9 Å². The predicted octanol–water partition coefficient (Wildman–Crippen LogP) is 2.71. The third-order valence-electron chi connectivity index (χ3n) is 5.49. The van der Waals surface area contributed by atoms with Gasteiger partial charge < -0.3 is 11.1 Å². The minimum Gasteiger partial charge on any atom is -0.387 e. The van der Waals surface area contributed by atoms with E-state index in [2.05, 4.69) is 11.5 Å². The Morgan fingerprint density at radius 1 is 1.27 bits per heavy atom. The van der Waals surface area contributed by atoms with Gasteiger partial charge in [0, 0.05) is 12.0 Å². The molecule has 0 saturated heterocycles. The number of carbonyl (C=O) groups is 1. The number of rotatable bonds is 3. The molecular formula is C18H25N3O. The van der Waals surface area contributed by atoms with Crippen molar-refractivity contribution < 1.29 is 4.79 Å². The first-order valence-corrected chi connectivity index (χ1v) is 8.53. The Hall–Kier alpha value is -1.60. The zero-order chi connectivity index (χ0) is 15.5. The van der Waals surface area contributed by atoms with Crippen molar-refractivity contribution in [1.29, 1.82) is 5.26 Å². The van der Waals surface area contributed by atoms with Gasteiger partial charge in [-0.05, 0) is 56.7 Å². The van der Waals surface area contributed by atoms with Crippen LogP contribution in [0.2, 0.25) is 0 Å². The van der Waals surface area contributed by atoms with Crippen LogP contribution in [-0.4, -0.2) is 17.9 Å². The predicted molar refractivity (Wildman–Crippen MR) is 85.7 cm³/mol. The summed E-state index contributed by atoms with van der Waals surface area (Å²) in [7, 11) is 0. The van der Waals surface area contributed by atoms with Gasteiger partial charge in [-0.15, -0.1) is 0 Å². The molecule has 1 aliphatic heterocycles. The summed E-state index contributed by atoms with van der Waals surface area (Å²) in [5.74, 6) is -0.0401. The number of fused-ring (bicyclic) bond motifs is 1. The van der Waals surface area contributed by atoms with Crippen LogP contribution in [0.3, 0.4) is 0 Å². The van der Waals surface area contributed by atoms with Crippen LogP contribution in [0.5, 0.6) is 0 Å². The molecule has 1 heterocycles. The Bertz CT molecular complexity index is 555. The molecule has 0 saturated carbocycles. The molecule has 0 spiro atoms. The van der Waals surface area contributed by atoms with Gasteiger partial charge in [0.2, 0.25) is 5.78 Å². The molecular weight excluding hydrogens is 274 g/mol. The van der Waals surface area contributed by atoms with Gasteiger partial charge in [-0.3, -0.25) is 4.79 Å². The van der Waals surface area contributed by atoms with Gasteiger partial charge >= 0.3 is 0 Å². The fourth-order valence-electron chi connectivity index (χ4n) is 4.22. The zero-order valence-electron chi connectivity index (χ0n) is 13.1.